The fourth-order valence-corrected chi connectivity index (χ4v) is 1.93. The molecule has 0 bridgehead atoms. The van der Waals surface area contributed by atoms with E-state index < -0.39 is 6.10 Å². The number of hydrogen-bond acceptors (Lipinski definition) is 6. The fourth-order valence-electron chi connectivity index (χ4n) is 1.93. The highest BCUT2D eigenvalue weighted by Crippen LogP contribution is 2.30. The molecule has 6 heteroatoms. The van der Waals surface area contributed by atoms with Crippen LogP contribution in [-0.4, -0.2) is 38.3 Å². The van der Waals surface area contributed by atoms with Crippen LogP contribution in [-0.2, 0) is 25.5 Å². The number of esters is 2. The number of carbonyl (C=O) groups excluding carboxylic acids is 2. The molecular formula is C14H17NO5. The molecule has 1 aromatic rings. The minimum absolute atomic E-state index is 0.201. The molecule has 1 atom stereocenters. The van der Waals surface area contributed by atoms with E-state index in [4.69, 9.17) is 9.47 Å². The van der Waals surface area contributed by atoms with Crippen molar-refractivity contribution in [3.63, 3.8) is 0 Å². The minimum atomic E-state index is -0.645. The number of carbonyl (C=O) groups is 2. The molecule has 0 aromatic heterocycles. The molecule has 0 unspecified atom stereocenters. The maximum absolute atomic E-state index is 11.6. The van der Waals surface area contributed by atoms with Crippen molar-refractivity contribution in [3.8, 4) is 5.75 Å². The van der Waals surface area contributed by atoms with Crippen molar-refractivity contribution in [2.45, 2.75) is 19.4 Å². The Morgan fingerprint density at radius 3 is 2.95 bits per heavy atom. The van der Waals surface area contributed by atoms with Gasteiger partial charge in [-0.05, 0) is 24.6 Å². The van der Waals surface area contributed by atoms with Crippen LogP contribution in [0.1, 0.15) is 12.5 Å². The first-order valence-corrected chi connectivity index (χ1v) is 6.41. The lowest BCUT2D eigenvalue weighted by Gasteiger charge is -2.26. The third-order valence-electron chi connectivity index (χ3n) is 2.92. The minimum Gasteiger partial charge on any atom is -0.475 e. The van der Waals surface area contributed by atoms with Crippen LogP contribution in [0.4, 0.5) is 5.69 Å². The second-order valence-corrected chi connectivity index (χ2v) is 4.32. The summed E-state index contributed by atoms with van der Waals surface area (Å²) in [4.78, 5) is 22.8. The van der Waals surface area contributed by atoms with Gasteiger partial charge in [0.25, 0.3) is 0 Å². The molecule has 0 spiro atoms. The Hall–Kier alpha value is -2.24. The van der Waals surface area contributed by atoms with Gasteiger partial charge < -0.3 is 19.5 Å². The molecule has 2 rings (SSSR count). The topological polar surface area (TPSA) is 73.9 Å². The van der Waals surface area contributed by atoms with Gasteiger partial charge in [-0.3, -0.25) is 4.79 Å². The number of hydrogen-bond donors (Lipinski definition) is 1. The summed E-state index contributed by atoms with van der Waals surface area (Å²) in [6.07, 6.45) is -0.443. The number of anilines is 1. The van der Waals surface area contributed by atoms with Crippen LogP contribution in [0, 0.1) is 0 Å². The molecule has 1 aliphatic heterocycles. The Morgan fingerprint density at radius 2 is 2.25 bits per heavy atom. The van der Waals surface area contributed by atoms with Crippen molar-refractivity contribution in [1.29, 1.82) is 0 Å². The third kappa shape index (κ3) is 3.20. The smallest absolute Gasteiger partial charge is 0.349 e. The first-order valence-electron chi connectivity index (χ1n) is 6.41. The predicted octanol–water partition coefficient (Wildman–Crippen LogP) is 1.14. The van der Waals surface area contributed by atoms with Crippen molar-refractivity contribution >= 4 is 17.6 Å². The van der Waals surface area contributed by atoms with Crippen LogP contribution in [0.15, 0.2) is 18.2 Å². The largest absolute Gasteiger partial charge is 0.475 e. The Morgan fingerprint density at radius 1 is 1.45 bits per heavy atom. The van der Waals surface area contributed by atoms with Gasteiger partial charge in [0.05, 0.1) is 32.4 Å². The van der Waals surface area contributed by atoms with Crippen LogP contribution >= 0.6 is 0 Å². The van der Waals surface area contributed by atoms with Gasteiger partial charge in [-0.15, -0.1) is 0 Å². The van der Waals surface area contributed by atoms with Crippen LogP contribution in [0.25, 0.3) is 0 Å². The Kier molecular flexibility index (Phi) is 4.45. The Bertz CT molecular complexity index is 514. The van der Waals surface area contributed by atoms with Gasteiger partial charge in [0.1, 0.15) is 5.75 Å². The Labute approximate surface area is 117 Å². The quantitative estimate of drug-likeness (QED) is 0.833. The highest BCUT2D eigenvalue weighted by atomic mass is 16.6. The van der Waals surface area contributed by atoms with E-state index in [1.807, 2.05) is 6.07 Å². The summed E-state index contributed by atoms with van der Waals surface area (Å²) >= 11 is 0. The molecule has 108 valence electrons. The molecule has 6 nitrogen and oxygen atoms in total. The van der Waals surface area contributed by atoms with E-state index in [0.717, 1.165) is 11.3 Å². The molecule has 0 amide bonds. The summed E-state index contributed by atoms with van der Waals surface area (Å²) in [5, 5.41) is 3.11. The average Bonchev–Trinajstić information content (AvgIpc) is 2.46. The van der Waals surface area contributed by atoms with E-state index in [1.54, 1.807) is 19.1 Å². The van der Waals surface area contributed by atoms with Gasteiger partial charge in [0, 0.05) is 0 Å². The summed E-state index contributed by atoms with van der Waals surface area (Å²) in [7, 11) is 1.35. The molecular weight excluding hydrogens is 262 g/mol. The molecule has 1 aliphatic rings. The molecule has 0 radical (unpaired) electrons. The third-order valence-corrected chi connectivity index (χ3v) is 2.92. The van der Waals surface area contributed by atoms with E-state index in [2.05, 4.69) is 10.1 Å². The summed E-state index contributed by atoms with van der Waals surface area (Å²) in [6.45, 7) is 2.41. The first kappa shape index (κ1) is 14.2. The van der Waals surface area contributed by atoms with Crippen LogP contribution in [0.3, 0.4) is 0 Å². The van der Waals surface area contributed by atoms with Crippen molar-refractivity contribution in [3.05, 3.63) is 23.8 Å². The molecule has 0 fully saturated rings. The molecule has 1 heterocycles. The lowest BCUT2D eigenvalue weighted by molar-refractivity contribution is -0.151. The second kappa shape index (κ2) is 6.27. The fraction of sp³-hybridized carbons (Fsp3) is 0.429. The van der Waals surface area contributed by atoms with Gasteiger partial charge >= 0.3 is 11.9 Å². The maximum Gasteiger partial charge on any atom is 0.349 e. The standard InChI is InChI=1S/C14H17NO5/c1-3-19-14(17)12-8-15-10-6-9(7-13(16)18-2)4-5-11(10)20-12/h4-6,12,15H,3,7-8H2,1-2H3/t12-/m1/s1. The molecule has 20 heavy (non-hydrogen) atoms. The second-order valence-electron chi connectivity index (χ2n) is 4.32. The molecule has 0 saturated heterocycles. The van der Waals surface area contributed by atoms with Crippen molar-refractivity contribution < 1.29 is 23.8 Å². The number of fused-ring (bicyclic) bond motifs is 1. The van der Waals surface area contributed by atoms with E-state index in [9.17, 15) is 9.59 Å². The summed E-state index contributed by atoms with van der Waals surface area (Å²) < 4.78 is 15.1. The van der Waals surface area contributed by atoms with E-state index in [-0.39, 0.29) is 18.4 Å². The predicted molar refractivity (Wildman–Crippen MR) is 71.7 cm³/mol. The van der Waals surface area contributed by atoms with Crippen molar-refractivity contribution in [2.75, 3.05) is 25.6 Å². The summed E-state index contributed by atoms with van der Waals surface area (Å²) in [6, 6.07) is 5.31. The SMILES string of the molecule is CCOC(=O)[C@H]1CNc2cc(CC(=O)OC)ccc2O1. The first-order chi connectivity index (χ1) is 9.63. The monoisotopic (exact) mass is 279 g/mol. The van der Waals surface area contributed by atoms with Crippen LogP contribution < -0.4 is 10.1 Å². The van der Waals surface area contributed by atoms with Gasteiger partial charge in [-0.1, -0.05) is 6.07 Å². The number of benzene rings is 1. The number of ether oxygens (including phenoxy) is 3. The van der Waals surface area contributed by atoms with Crippen LogP contribution in [0.5, 0.6) is 5.75 Å². The van der Waals surface area contributed by atoms with Gasteiger partial charge in [-0.25, -0.2) is 4.79 Å². The molecule has 0 aliphatic carbocycles. The molecule has 0 saturated carbocycles. The van der Waals surface area contributed by atoms with Gasteiger partial charge in [-0.2, -0.15) is 0 Å². The average molecular weight is 279 g/mol. The zero-order valence-electron chi connectivity index (χ0n) is 11.5. The zero-order valence-corrected chi connectivity index (χ0v) is 11.5. The Balaban J connectivity index is 2.07. The van der Waals surface area contributed by atoms with Gasteiger partial charge in [0.2, 0.25) is 6.10 Å². The zero-order chi connectivity index (χ0) is 14.5. The summed E-state index contributed by atoms with van der Waals surface area (Å²) in [5.74, 6) is -0.113. The number of methoxy groups -OCH3 is 1. The van der Waals surface area contributed by atoms with E-state index in [0.29, 0.717) is 18.9 Å². The number of rotatable bonds is 4. The normalized spacial score (nSPS) is 16.4. The van der Waals surface area contributed by atoms with Crippen molar-refractivity contribution in [1.82, 2.24) is 0 Å². The van der Waals surface area contributed by atoms with Crippen molar-refractivity contribution in [2.24, 2.45) is 0 Å². The lowest BCUT2D eigenvalue weighted by atomic mass is 10.1. The number of nitrogens with one attached hydrogen (secondary N) is 1. The highest BCUT2D eigenvalue weighted by molar-refractivity contribution is 5.78. The summed E-state index contributed by atoms with van der Waals surface area (Å²) in [5.41, 5.74) is 1.58. The highest BCUT2D eigenvalue weighted by Gasteiger charge is 2.27. The lowest BCUT2D eigenvalue weighted by Crippen LogP contribution is -2.39. The van der Waals surface area contributed by atoms with E-state index in [1.165, 1.54) is 7.11 Å². The van der Waals surface area contributed by atoms with Gasteiger partial charge in [0.15, 0.2) is 0 Å². The molecule has 1 N–H and O–H groups in total. The molecule has 1 aromatic carbocycles. The van der Waals surface area contributed by atoms with E-state index >= 15 is 0 Å². The maximum atomic E-state index is 11.6. The van der Waals surface area contributed by atoms with Crippen LogP contribution in [0.2, 0.25) is 0 Å².